The van der Waals surface area contributed by atoms with Crippen molar-refractivity contribution in [1.82, 2.24) is 0 Å². The first-order chi connectivity index (χ1) is 15.8. The number of aryl methyl sites for hydroxylation is 2. The summed E-state index contributed by atoms with van der Waals surface area (Å²) in [5.74, 6) is 0.120. The van der Waals surface area contributed by atoms with Crippen LogP contribution in [0.25, 0.3) is 5.57 Å². The van der Waals surface area contributed by atoms with E-state index in [9.17, 15) is 9.59 Å². The Hall–Kier alpha value is -4.06. The Bertz CT molecular complexity index is 1250. The maximum atomic E-state index is 13.7. The number of carbonyl (C=O) groups excluding carboxylic acids is 2. The second kappa shape index (κ2) is 8.82. The molecule has 6 nitrogen and oxygen atoms in total. The highest BCUT2D eigenvalue weighted by molar-refractivity contribution is 6.46. The summed E-state index contributed by atoms with van der Waals surface area (Å²) in [4.78, 5) is 28.5. The minimum absolute atomic E-state index is 0.235. The van der Waals surface area contributed by atoms with Gasteiger partial charge in [-0.2, -0.15) is 0 Å². The molecule has 0 spiro atoms. The van der Waals surface area contributed by atoms with E-state index >= 15 is 0 Å². The van der Waals surface area contributed by atoms with Crippen molar-refractivity contribution < 1.29 is 19.1 Å². The first kappa shape index (κ1) is 22.1. The second-order valence-electron chi connectivity index (χ2n) is 8.01. The topological polar surface area (TPSA) is 67.9 Å². The maximum absolute atomic E-state index is 13.7. The van der Waals surface area contributed by atoms with Gasteiger partial charge in [0.1, 0.15) is 17.2 Å². The molecule has 3 aromatic carbocycles. The van der Waals surface area contributed by atoms with Crippen molar-refractivity contribution in [2.24, 2.45) is 0 Å². The summed E-state index contributed by atoms with van der Waals surface area (Å²) in [5.41, 5.74) is 5.55. The maximum Gasteiger partial charge on any atom is 0.282 e. The monoisotopic (exact) mass is 442 g/mol. The van der Waals surface area contributed by atoms with E-state index in [-0.39, 0.29) is 5.70 Å². The number of hydrogen-bond acceptors (Lipinski definition) is 5. The number of rotatable bonds is 6. The van der Waals surface area contributed by atoms with Crippen LogP contribution in [0.3, 0.4) is 0 Å². The number of benzene rings is 3. The van der Waals surface area contributed by atoms with Gasteiger partial charge >= 0.3 is 0 Å². The summed E-state index contributed by atoms with van der Waals surface area (Å²) in [7, 11) is 3.05. The zero-order chi connectivity index (χ0) is 23.7. The summed E-state index contributed by atoms with van der Waals surface area (Å²) in [5, 5.41) is 3.26. The summed E-state index contributed by atoms with van der Waals surface area (Å²) >= 11 is 0. The van der Waals surface area contributed by atoms with Crippen molar-refractivity contribution in [3.05, 3.63) is 88.6 Å². The molecule has 0 fully saturated rings. The van der Waals surface area contributed by atoms with Crippen LogP contribution in [0.2, 0.25) is 0 Å². The van der Waals surface area contributed by atoms with E-state index in [1.54, 1.807) is 18.2 Å². The van der Waals surface area contributed by atoms with Crippen molar-refractivity contribution in [2.45, 2.75) is 20.8 Å². The third-order valence-electron chi connectivity index (χ3n) is 5.88. The summed E-state index contributed by atoms with van der Waals surface area (Å²) in [6, 6.07) is 18.4. The van der Waals surface area contributed by atoms with Crippen LogP contribution in [-0.2, 0) is 9.59 Å². The molecule has 1 heterocycles. The van der Waals surface area contributed by atoms with Crippen LogP contribution >= 0.6 is 0 Å². The van der Waals surface area contributed by atoms with E-state index < -0.39 is 11.8 Å². The van der Waals surface area contributed by atoms with Gasteiger partial charge in [-0.15, -0.1) is 0 Å². The molecule has 33 heavy (non-hydrogen) atoms. The highest BCUT2D eigenvalue weighted by Crippen LogP contribution is 2.37. The van der Waals surface area contributed by atoms with Crippen molar-refractivity contribution in [2.75, 3.05) is 24.4 Å². The van der Waals surface area contributed by atoms with Gasteiger partial charge in [-0.25, -0.2) is 4.90 Å². The Morgan fingerprint density at radius 1 is 0.788 bits per heavy atom. The van der Waals surface area contributed by atoms with Crippen LogP contribution in [0, 0.1) is 20.8 Å². The normalized spacial score (nSPS) is 13.5. The minimum Gasteiger partial charge on any atom is -0.497 e. The molecule has 0 atom stereocenters. The molecular weight excluding hydrogens is 416 g/mol. The standard InChI is InChI=1S/C27H26N2O4/c1-16-9-11-19(12-10-16)24-25(28-23-8-6-7-17(2)18(23)3)27(31)29(26(24)30)20-13-21(32-4)15-22(14-20)33-5/h6-15,28H,1-5H3. The third kappa shape index (κ3) is 4.07. The fourth-order valence-corrected chi connectivity index (χ4v) is 3.81. The highest BCUT2D eigenvalue weighted by atomic mass is 16.5. The van der Waals surface area contributed by atoms with Crippen molar-refractivity contribution >= 4 is 28.8 Å². The molecule has 2 amide bonds. The number of nitrogens with zero attached hydrogens (tertiary/aromatic N) is 1. The first-order valence-electron chi connectivity index (χ1n) is 10.6. The van der Waals surface area contributed by atoms with Crippen LogP contribution in [-0.4, -0.2) is 26.0 Å². The van der Waals surface area contributed by atoms with E-state index in [4.69, 9.17) is 9.47 Å². The van der Waals surface area contributed by atoms with Gasteiger partial charge < -0.3 is 14.8 Å². The van der Waals surface area contributed by atoms with E-state index in [0.29, 0.717) is 28.3 Å². The Balaban J connectivity index is 1.86. The molecule has 0 aromatic heterocycles. The quantitative estimate of drug-likeness (QED) is 0.543. The zero-order valence-electron chi connectivity index (χ0n) is 19.4. The van der Waals surface area contributed by atoms with Gasteiger partial charge in [0.25, 0.3) is 11.8 Å². The van der Waals surface area contributed by atoms with Gasteiger partial charge in [0.2, 0.25) is 0 Å². The molecule has 6 heteroatoms. The van der Waals surface area contributed by atoms with Gasteiger partial charge in [-0.3, -0.25) is 9.59 Å². The number of nitrogens with one attached hydrogen (secondary N) is 1. The fraction of sp³-hybridized carbons (Fsp3) is 0.185. The number of carbonyl (C=O) groups is 2. The van der Waals surface area contributed by atoms with Crippen molar-refractivity contribution in [3.8, 4) is 11.5 Å². The largest absolute Gasteiger partial charge is 0.497 e. The van der Waals surface area contributed by atoms with E-state index in [2.05, 4.69) is 5.32 Å². The molecule has 4 rings (SSSR count). The second-order valence-corrected chi connectivity index (χ2v) is 8.01. The molecule has 3 aromatic rings. The average Bonchev–Trinajstić information content (AvgIpc) is 3.06. The molecule has 0 radical (unpaired) electrons. The van der Waals surface area contributed by atoms with Crippen molar-refractivity contribution in [3.63, 3.8) is 0 Å². The Morgan fingerprint density at radius 3 is 2.03 bits per heavy atom. The van der Waals surface area contributed by atoms with E-state index in [0.717, 1.165) is 27.3 Å². The summed E-state index contributed by atoms with van der Waals surface area (Å²) in [6.45, 7) is 5.96. The summed E-state index contributed by atoms with van der Waals surface area (Å²) in [6.07, 6.45) is 0. The van der Waals surface area contributed by atoms with Crippen LogP contribution in [0.4, 0.5) is 11.4 Å². The SMILES string of the molecule is COc1cc(OC)cc(N2C(=O)C(Nc3cccc(C)c3C)=C(c3ccc(C)cc3)C2=O)c1. The summed E-state index contributed by atoms with van der Waals surface area (Å²) < 4.78 is 10.7. The molecular formula is C27H26N2O4. The van der Waals surface area contributed by atoms with Crippen LogP contribution in [0.1, 0.15) is 22.3 Å². The lowest BCUT2D eigenvalue weighted by atomic mass is 10.0. The van der Waals surface area contributed by atoms with Crippen LogP contribution < -0.4 is 19.7 Å². The predicted octanol–water partition coefficient (Wildman–Crippen LogP) is 5.03. The number of methoxy groups -OCH3 is 2. The molecule has 0 saturated carbocycles. The number of amides is 2. The number of anilines is 2. The highest BCUT2D eigenvalue weighted by Gasteiger charge is 2.40. The lowest BCUT2D eigenvalue weighted by molar-refractivity contribution is -0.120. The molecule has 168 valence electrons. The average molecular weight is 443 g/mol. The Morgan fingerprint density at radius 2 is 1.42 bits per heavy atom. The molecule has 0 saturated heterocycles. The van der Waals surface area contributed by atoms with Crippen LogP contribution in [0.15, 0.2) is 66.4 Å². The lowest BCUT2D eigenvalue weighted by Gasteiger charge is -2.18. The molecule has 1 aliphatic rings. The molecule has 0 aliphatic carbocycles. The zero-order valence-corrected chi connectivity index (χ0v) is 19.4. The molecule has 0 unspecified atom stereocenters. The van der Waals surface area contributed by atoms with Crippen molar-refractivity contribution in [1.29, 1.82) is 0 Å². The fourth-order valence-electron chi connectivity index (χ4n) is 3.81. The van der Waals surface area contributed by atoms with Gasteiger partial charge in [0, 0.05) is 23.9 Å². The van der Waals surface area contributed by atoms with Crippen LogP contribution in [0.5, 0.6) is 11.5 Å². The minimum atomic E-state index is -0.438. The number of imide groups is 1. The Labute approximate surface area is 193 Å². The number of hydrogen-bond donors (Lipinski definition) is 1. The molecule has 1 N–H and O–H groups in total. The Kier molecular flexibility index (Phi) is 5.92. The van der Waals surface area contributed by atoms with Gasteiger partial charge in [-0.05, 0) is 43.5 Å². The lowest BCUT2D eigenvalue weighted by Crippen LogP contribution is -2.32. The predicted molar refractivity (Wildman–Crippen MR) is 130 cm³/mol. The van der Waals surface area contributed by atoms with E-state index in [1.165, 1.54) is 14.2 Å². The van der Waals surface area contributed by atoms with Gasteiger partial charge in [-0.1, -0.05) is 42.0 Å². The smallest absolute Gasteiger partial charge is 0.282 e. The molecule has 1 aliphatic heterocycles. The first-order valence-corrected chi connectivity index (χ1v) is 10.6. The van der Waals surface area contributed by atoms with Gasteiger partial charge in [0.05, 0.1) is 25.5 Å². The van der Waals surface area contributed by atoms with E-state index in [1.807, 2.05) is 63.2 Å². The number of ether oxygens (including phenoxy) is 2. The van der Waals surface area contributed by atoms with Gasteiger partial charge in [0.15, 0.2) is 0 Å². The third-order valence-corrected chi connectivity index (χ3v) is 5.88. The molecule has 0 bridgehead atoms.